The minimum Gasteiger partial charge on any atom is -0.292 e. The highest BCUT2D eigenvalue weighted by Crippen LogP contribution is 2.38. The highest BCUT2D eigenvalue weighted by molar-refractivity contribution is 7.14. The number of fused-ring (bicyclic) bond motifs is 1. The van der Waals surface area contributed by atoms with Gasteiger partial charge in [-0.05, 0) is 48.9 Å². The van der Waals surface area contributed by atoms with E-state index in [2.05, 4.69) is 35.2 Å². The lowest BCUT2D eigenvalue weighted by Gasteiger charge is -2.11. The molecule has 5 heteroatoms. The molecule has 0 saturated carbocycles. The maximum atomic E-state index is 12.5. The van der Waals surface area contributed by atoms with Crippen molar-refractivity contribution in [1.29, 1.82) is 0 Å². The fraction of sp³-hybridized carbons (Fsp3) is 0.316. The second-order valence-corrected chi connectivity index (χ2v) is 7.63. The molecule has 4 rings (SSSR count). The molecule has 0 fully saturated rings. The highest BCUT2D eigenvalue weighted by atomic mass is 32.1. The molecule has 2 heterocycles. The van der Waals surface area contributed by atoms with Gasteiger partial charge >= 0.3 is 0 Å². The Bertz CT molecular complexity index is 909. The average molecular weight is 337 g/mol. The summed E-state index contributed by atoms with van der Waals surface area (Å²) in [5.41, 5.74) is 4.56. The maximum Gasteiger partial charge on any atom is 0.181 e. The molecule has 3 aromatic rings. The minimum atomic E-state index is 0.174. The molecule has 4 nitrogen and oxygen atoms in total. The van der Waals surface area contributed by atoms with Crippen LogP contribution in [0.3, 0.4) is 0 Å². The van der Waals surface area contributed by atoms with Crippen LogP contribution in [0.2, 0.25) is 0 Å². The van der Waals surface area contributed by atoms with Gasteiger partial charge in [0.25, 0.3) is 0 Å². The van der Waals surface area contributed by atoms with E-state index in [1.807, 2.05) is 13.2 Å². The normalized spacial score (nSPS) is 16.3. The first kappa shape index (κ1) is 15.3. The van der Waals surface area contributed by atoms with E-state index in [9.17, 15) is 4.79 Å². The van der Waals surface area contributed by atoms with Crippen LogP contribution in [0.5, 0.6) is 0 Å². The lowest BCUT2D eigenvalue weighted by Crippen LogP contribution is -2.10. The van der Waals surface area contributed by atoms with Gasteiger partial charge in [-0.25, -0.2) is 4.98 Å². The summed E-state index contributed by atoms with van der Waals surface area (Å²) in [7, 11) is 1.82. The number of aromatic nitrogens is 3. The van der Waals surface area contributed by atoms with Gasteiger partial charge in [-0.3, -0.25) is 9.48 Å². The zero-order valence-corrected chi connectivity index (χ0v) is 14.6. The van der Waals surface area contributed by atoms with Gasteiger partial charge in [0.15, 0.2) is 5.78 Å². The van der Waals surface area contributed by atoms with Gasteiger partial charge in [0.05, 0.1) is 0 Å². The zero-order chi connectivity index (χ0) is 16.7. The molecule has 0 unspecified atom stereocenters. The van der Waals surface area contributed by atoms with Crippen molar-refractivity contribution < 1.29 is 4.79 Å². The molecule has 2 aromatic heterocycles. The molecule has 122 valence electrons. The van der Waals surface area contributed by atoms with Crippen LogP contribution in [0.25, 0.3) is 10.6 Å². The van der Waals surface area contributed by atoms with Crippen LogP contribution in [-0.4, -0.2) is 20.5 Å². The number of hydrogen-bond donors (Lipinski definition) is 0. The number of benzene rings is 1. The minimum absolute atomic E-state index is 0.174. The first-order valence-corrected chi connectivity index (χ1v) is 9.00. The monoisotopic (exact) mass is 337 g/mol. The third kappa shape index (κ3) is 2.69. The molecule has 1 aliphatic carbocycles. The quantitative estimate of drug-likeness (QED) is 0.672. The van der Waals surface area contributed by atoms with E-state index in [1.54, 1.807) is 28.3 Å². The number of hydrogen-bond acceptors (Lipinski definition) is 4. The summed E-state index contributed by atoms with van der Waals surface area (Å²) < 4.78 is 1.66. The van der Waals surface area contributed by atoms with Gasteiger partial charge in [0.1, 0.15) is 10.7 Å². The lowest BCUT2D eigenvalue weighted by molar-refractivity contribution is 0.0964. The lowest BCUT2D eigenvalue weighted by atomic mass is 9.94. The molecule has 0 bridgehead atoms. The number of thiazole rings is 1. The van der Waals surface area contributed by atoms with E-state index in [-0.39, 0.29) is 5.78 Å². The van der Waals surface area contributed by atoms with Gasteiger partial charge in [-0.1, -0.05) is 12.1 Å². The number of nitrogens with zero attached hydrogens (tertiary/aromatic N) is 3. The summed E-state index contributed by atoms with van der Waals surface area (Å²) in [6.07, 6.45) is 6.24. The Hall–Kier alpha value is -2.27. The van der Waals surface area contributed by atoms with Crippen molar-refractivity contribution in [2.45, 2.75) is 32.1 Å². The number of carbonyl (C=O) groups excluding carboxylic acids is 1. The van der Waals surface area contributed by atoms with E-state index in [4.69, 9.17) is 0 Å². The zero-order valence-electron chi connectivity index (χ0n) is 13.8. The van der Waals surface area contributed by atoms with Gasteiger partial charge in [0.2, 0.25) is 0 Å². The topological polar surface area (TPSA) is 47.8 Å². The molecule has 1 atom stereocenters. The van der Waals surface area contributed by atoms with Gasteiger partial charge < -0.3 is 0 Å². The van der Waals surface area contributed by atoms with E-state index in [1.165, 1.54) is 21.6 Å². The van der Waals surface area contributed by atoms with Crippen molar-refractivity contribution >= 4 is 17.1 Å². The maximum absolute atomic E-state index is 12.5. The number of Topliss-reactive ketones (excluding diaryl/α,β-unsaturated/α-hetero) is 1. The Morgan fingerprint density at radius 3 is 2.96 bits per heavy atom. The van der Waals surface area contributed by atoms with E-state index in [0.29, 0.717) is 18.0 Å². The van der Waals surface area contributed by atoms with Crippen LogP contribution >= 0.6 is 11.3 Å². The molecule has 0 amide bonds. The fourth-order valence-corrected chi connectivity index (χ4v) is 4.28. The summed E-state index contributed by atoms with van der Waals surface area (Å²) in [4.78, 5) is 18.2. The molecule has 0 aliphatic heterocycles. The predicted molar refractivity (Wildman–Crippen MR) is 95.5 cm³/mol. The van der Waals surface area contributed by atoms with Crippen LogP contribution < -0.4 is 0 Å². The van der Waals surface area contributed by atoms with Crippen LogP contribution in [0, 0.1) is 6.92 Å². The van der Waals surface area contributed by atoms with Crippen molar-refractivity contribution in [1.82, 2.24) is 14.8 Å². The molecule has 0 radical (unpaired) electrons. The number of carbonyl (C=O) groups is 1. The first-order chi connectivity index (χ1) is 11.6. The van der Waals surface area contributed by atoms with Crippen LogP contribution in [0.1, 0.15) is 45.3 Å². The summed E-state index contributed by atoms with van der Waals surface area (Å²) in [5.74, 6) is 0.488. The molecule has 0 N–H and O–H groups in total. The molecular formula is C19H19N3OS. The highest BCUT2D eigenvalue weighted by Gasteiger charge is 2.26. The average Bonchev–Trinajstić information content (AvgIpc) is 3.27. The van der Waals surface area contributed by atoms with E-state index < -0.39 is 0 Å². The van der Waals surface area contributed by atoms with Crippen molar-refractivity contribution in [2.75, 3.05) is 0 Å². The largest absolute Gasteiger partial charge is 0.292 e. The summed E-state index contributed by atoms with van der Waals surface area (Å²) >= 11 is 1.72. The van der Waals surface area contributed by atoms with Gasteiger partial charge in [-0.2, -0.15) is 5.10 Å². The molecule has 0 spiro atoms. The third-order valence-corrected chi connectivity index (χ3v) is 5.71. The molecular weight excluding hydrogens is 318 g/mol. The Labute approximate surface area is 145 Å². The first-order valence-electron chi connectivity index (χ1n) is 8.18. The number of rotatable bonds is 4. The van der Waals surface area contributed by atoms with Crippen molar-refractivity contribution in [3.63, 3.8) is 0 Å². The van der Waals surface area contributed by atoms with Crippen molar-refractivity contribution in [3.05, 3.63) is 58.4 Å². The van der Waals surface area contributed by atoms with Gasteiger partial charge in [0, 0.05) is 36.3 Å². The van der Waals surface area contributed by atoms with Crippen molar-refractivity contribution in [3.8, 4) is 10.6 Å². The SMILES string of the molecule is Cc1cnc(-c2ccc3c(c2)CC[C@H]3CC(=O)c2ccnn2C)s1. The molecule has 24 heavy (non-hydrogen) atoms. The Balaban J connectivity index is 1.56. The van der Waals surface area contributed by atoms with E-state index >= 15 is 0 Å². The molecule has 0 saturated heterocycles. The Morgan fingerprint density at radius 2 is 2.25 bits per heavy atom. The number of ketones is 1. The Morgan fingerprint density at radius 1 is 1.38 bits per heavy atom. The second kappa shape index (κ2) is 5.98. The Kier molecular flexibility index (Phi) is 3.81. The summed E-state index contributed by atoms with van der Waals surface area (Å²) in [5, 5.41) is 5.17. The molecule has 1 aromatic carbocycles. The standard InChI is InChI=1S/C19H19N3OS/c1-12-11-20-19(24-12)15-5-6-16-13(9-15)3-4-14(16)10-18(23)17-7-8-21-22(17)2/h5-9,11,14H,3-4,10H2,1-2H3/t14-/m0/s1. The second-order valence-electron chi connectivity index (χ2n) is 6.39. The summed E-state index contributed by atoms with van der Waals surface area (Å²) in [6, 6.07) is 8.38. The molecule has 1 aliphatic rings. The third-order valence-electron chi connectivity index (χ3n) is 4.75. The fourth-order valence-electron chi connectivity index (χ4n) is 3.51. The summed E-state index contributed by atoms with van der Waals surface area (Å²) in [6.45, 7) is 2.08. The van der Waals surface area contributed by atoms with Crippen LogP contribution in [-0.2, 0) is 13.5 Å². The number of aryl methyl sites for hydroxylation is 3. The predicted octanol–water partition coefficient (Wildman–Crippen LogP) is 4.15. The van der Waals surface area contributed by atoms with Crippen LogP contribution in [0.4, 0.5) is 0 Å². The van der Waals surface area contributed by atoms with E-state index in [0.717, 1.165) is 17.8 Å². The van der Waals surface area contributed by atoms with Crippen LogP contribution in [0.15, 0.2) is 36.7 Å². The van der Waals surface area contributed by atoms with Gasteiger partial charge in [-0.15, -0.1) is 11.3 Å². The smallest absolute Gasteiger partial charge is 0.181 e. The van der Waals surface area contributed by atoms with Crippen molar-refractivity contribution in [2.24, 2.45) is 7.05 Å².